The summed E-state index contributed by atoms with van der Waals surface area (Å²) in [5.41, 5.74) is 2.25. The standard InChI is InChI=1S/C15H16N4O3/c1-2-22-15-6-5-14(16-17-15)18-8-7-11-3-4-13(19(20)21)9-12(11)10-18/h3-6,9H,2,7-8,10H2,1H3. The van der Waals surface area contributed by atoms with Gasteiger partial charge in [0.25, 0.3) is 5.69 Å². The van der Waals surface area contributed by atoms with Gasteiger partial charge in [0.15, 0.2) is 5.82 Å². The average molecular weight is 300 g/mol. The van der Waals surface area contributed by atoms with Crippen LogP contribution in [0.5, 0.6) is 5.88 Å². The van der Waals surface area contributed by atoms with Crippen molar-refractivity contribution in [3.05, 3.63) is 51.6 Å². The molecule has 0 aliphatic carbocycles. The van der Waals surface area contributed by atoms with Gasteiger partial charge >= 0.3 is 0 Å². The summed E-state index contributed by atoms with van der Waals surface area (Å²) < 4.78 is 5.28. The number of ether oxygens (including phenoxy) is 1. The van der Waals surface area contributed by atoms with Crippen LogP contribution in [0.3, 0.4) is 0 Å². The van der Waals surface area contributed by atoms with Crippen molar-refractivity contribution in [3.63, 3.8) is 0 Å². The molecular formula is C15H16N4O3. The second kappa shape index (κ2) is 5.97. The van der Waals surface area contributed by atoms with E-state index >= 15 is 0 Å². The van der Waals surface area contributed by atoms with Crippen molar-refractivity contribution in [1.29, 1.82) is 0 Å². The highest BCUT2D eigenvalue weighted by Gasteiger charge is 2.20. The molecule has 0 saturated carbocycles. The number of nitrogens with zero attached hydrogens (tertiary/aromatic N) is 4. The molecule has 0 atom stereocenters. The predicted molar refractivity (Wildman–Crippen MR) is 81.1 cm³/mol. The smallest absolute Gasteiger partial charge is 0.269 e. The van der Waals surface area contributed by atoms with Crippen LogP contribution >= 0.6 is 0 Å². The molecule has 7 heteroatoms. The minimum atomic E-state index is -0.365. The van der Waals surface area contributed by atoms with E-state index in [1.165, 1.54) is 0 Å². The van der Waals surface area contributed by atoms with E-state index < -0.39 is 0 Å². The third-order valence-corrected chi connectivity index (χ3v) is 3.66. The Kier molecular flexibility index (Phi) is 3.86. The Morgan fingerprint density at radius 2 is 2.14 bits per heavy atom. The van der Waals surface area contributed by atoms with Crippen molar-refractivity contribution < 1.29 is 9.66 Å². The zero-order chi connectivity index (χ0) is 15.5. The first-order valence-corrected chi connectivity index (χ1v) is 7.15. The number of benzene rings is 1. The fourth-order valence-corrected chi connectivity index (χ4v) is 2.56. The molecule has 0 N–H and O–H groups in total. The number of hydrogen-bond donors (Lipinski definition) is 0. The summed E-state index contributed by atoms with van der Waals surface area (Å²) in [7, 11) is 0. The summed E-state index contributed by atoms with van der Waals surface area (Å²) in [6.45, 7) is 3.85. The fourth-order valence-electron chi connectivity index (χ4n) is 2.56. The van der Waals surface area contributed by atoms with Gasteiger partial charge in [0.2, 0.25) is 5.88 Å². The van der Waals surface area contributed by atoms with Crippen LogP contribution in [0.1, 0.15) is 18.1 Å². The highest BCUT2D eigenvalue weighted by molar-refractivity contribution is 5.47. The molecule has 7 nitrogen and oxygen atoms in total. The first-order chi connectivity index (χ1) is 10.7. The Labute approximate surface area is 127 Å². The van der Waals surface area contributed by atoms with E-state index in [2.05, 4.69) is 15.1 Å². The number of aromatic nitrogens is 2. The van der Waals surface area contributed by atoms with Gasteiger partial charge in [-0.25, -0.2) is 0 Å². The Morgan fingerprint density at radius 1 is 1.27 bits per heavy atom. The number of nitro benzene ring substituents is 1. The van der Waals surface area contributed by atoms with Gasteiger partial charge in [-0.3, -0.25) is 10.1 Å². The summed E-state index contributed by atoms with van der Waals surface area (Å²) in [4.78, 5) is 12.6. The van der Waals surface area contributed by atoms with Crippen LogP contribution < -0.4 is 9.64 Å². The molecule has 22 heavy (non-hydrogen) atoms. The van der Waals surface area contributed by atoms with E-state index in [1.807, 2.05) is 19.1 Å². The number of nitro groups is 1. The minimum absolute atomic E-state index is 0.123. The van der Waals surface area contributed by atoms with Crippen LogP contribution in [0.4, 0.5) is 11.5 Å². The van der Waals surface area contributed by atoms with Crippen molar-refractivity contribution in [2.24, 2.45) is 0 Å². The first kappa shape index (κ1) is 14.2. The minimum Gasteiger partial charge on any atom is -0.477 e. The van der Waals surface area contributed by atoms with Gasteiger partial charge in [-0.05, 0) is 30.5 Å². The maximum absolute atomic E-state index is 10.9. The highest BCUT2D eigenvalue weighted by atomic mass is 16.6. The summed E-state index contributed by atoms with van der Waals surface area (Å²) in [5, 5.41) is 19.1. The number of rotatable bonds is 4. The lowest BCUT2D eigenvalue weighted by Crippen LogP contribution is -2.31. The van der Waals surface area contributed by atoms with E-state index in [9.17, 15) is 10.1 Å². The number of anilines is 1. The molecule has 1 aromatic heterocycles. The van der Waals surface area contributed by atoms with E-state index in [0.29, 0.717) is 19.0 Å². The third-order valence-electron chi connectivity index (χ3n) is 3.66. The molecule has 2 heterocycles. The van der Waals surface area contributed by atoms with E-state index in [-0.39, 0.29) is 10.6 Å². The predicted octanol–water partition coefficient (Wildman–Crippen LogP) is 2.35. The molecule has 1 aromatic carbocycles. The van der Waals surface area contributed by atoms with Crippen LogP contribution in [-0.4, -0.2) is 28.3 Å². The number of hydrogen-bond acceptors (Lipinski definition) is 6. The summed E-state index contributed by atoms with van der Waals surface area (Å²) in [5.74, 6) is 1.25. The Morgan fingerprint density at radius 3 is 2.82 bits per heavy atom. The lowest BCUT2D eigenvalue weighted by atomic mass is 9.99. The number of non-ortho nitro benzene ring substituents is 1. The van der Waals surface area contributed by atoms with E-state index in [1.54, 1.807) is 18.2 Å². The zero-order valence-corrected chi connectivity index (χ0v) is 12.2. The Hall–Kier alpha value is -2.70. The van der Waals surface area contributed by atoms with Crippen molar-refractivity contribution >= 4 is 11.5 Å². The monoisotopic (exact) mass is 300 g/mol. The van der Waals surface area contributed by atoms with Crippen molar-refractivity contribution in [2.45, 2.75) is 19.9 Å². The van der Waals surface area contributed by atoms with E-state index in [4.69, 9.17) is 4.74 Å². The number of fused-ring (bicyclic) bond motifs is 1. The Bertz CT molecular complexity index is 688. The summed E-state index contributed by atoms with van der Waals surface area (Å²) in [6.07, 6.45) is 0.836. The van der Waals surface area contributed by atoms with Gasteiger partial charge in [0.1, 0.15) is 0 Å². The SMILES string of the molecule is CCOc1ccc(N2CCc3ccc([N+](=O)[O-])cc3C2)nn1. The third kappa shape index (κ3) is 2.83. The molecule has 0 bridgehead atoms. The first-order valence-electron chi connectivity index (χ1n) is 7.15. The topological polar surface area (TPSA) is 81.4 Å². The summed E-state index contributed by atoms with van der Waals surface area (Å²) in [6, 6.07) is 8.69. The second-order valence-electron chi connectivity index (χ2n) is 5.04. The van der Waals surface area contributed by atoms with Crippen molar-refractivity contribution in [1.82, 2.24) is 10.2 Å². The second-order valence-corrected chi connectivity index (χ2v) is 5.04. The zero-order valence-electron chi connectivity index (χ0n) is 12.2. The highest BCUT2D eigenvalue weighted by Crippen LogP contribution is 2.26. The molecule has 0 saturated heterocycles. The molecule has 114 valence electrons. The maximum atomic E-state index is 10.9. The van der Waals surface area contributed by atoms with Gasteiger partial charge in [-0.15, -0.1) is 10.2 Å². The van der Waals surface area contributed by atoms with Crippen LogP contribution in [-0.2, 0) is 13.0 Å². The van der Waals surface area contributed by atoms with Gasteiger partial charge in [0.05, 0.1) is 11.5 Å². The van der Waals surface area contributed by atoms with Gasteiger partial charge in [-0.1, -0.05) is 6.07 Å². The van der Waals surface area contributed by atoms with Crippen LogP contribution in [0.2, 0.25) is 0 Å². The van der Waals surface area contributed by atoms with E-state index in [0.717, 1.165) is 29.9 Å². The van der Waals surface area contributed by atoms with Crippen LogP contribution in [0, 0.1) is 10.1 Å². The molecule has 0 amide bonds. The van der Waals surface area contributed by atoms with Crippen LogP contribution in [0.15, 0.2) is 30.3 Å². The quantitative estimate of drug-likeness (QED) is 0.637. The molecule has 0 radical (unpaired) electrons. The maximum Gasteiger partial charge on any atom is 0.269 e. The molecule has 1 aliphatic rings. The molecule has 0 spiro atoms. The fraction of sp³-hybridized carbons (Fsp3) is 0.333. The summed E-state index contributed by atoms with van der Waals surface area (Å²) >= 11 is 0. The molecule has 3 rings (SSSR count). The molecule has 0 unspecified atom stereocenters. The molecule has 1 aliphatic heterocycles. The van der Waals surface area contributed by atoms with Gasteiger partial charge in [-0.2, -0.15) is 0 Å². The average Bonchev–Trinajstić information content (AvgIpc) is 2.55. The van der Waals surface area contributed by atoms with Crippen molar-refractivity contribution in [3.8, 4) is 5.88 Å². The van der Waals surface area contributed by atoms with Crippen molar-refractivity contribution in [2.75, 3.05) is 18.1 Å². The molecule has 2 aromatic rings. The van der Waals surface area contributed by atoms with Gasteiger partial charge in [0, 0.05) is 31.3 Å². The molecular weight excluding hydrogens is 284 g/mol. The van der Waals surface area contributed by atoms with Crippen LogP contribution in [0.25, 0.3) is 0 Å². The molecule has 0 fully saturated rings. The lowest BCUT2D eigenvalue weighted by molar-refractivity contribution is -0.384. The Balaban J connectivity index is 1.80. The lowest BCUT2D eigenvalue weighted by Gasteiger charge is -2.29. The normalized spacial score (nSPS) is 13.6. The largest absolute Gasteiger partial charge is 0.477 e. The van der Waals surface area contributed by atoms with Gasteiger partial charge < -0.3 is 9.64 Å².